The van der Waals surface area contributed by atoms with Crippen molar-refractivity contribution in [3.05, 3.63) is 12.5 Å². The fourth-order valence-electron chi connectivity index (χ4n) is 0. The van der Waals surface area contributed by atoms with Crippen LogP contribution >= 0.6 is 0 Å². The van der Waals surface area contributed by atoms with Crippen molar-refractivity contribution in [3.8, 4) is 0 Å². The molecule has 0 atom stereocenters. The van der Waals surface area contributed by atoms with Gasteiger partial charge in [-0.3, -0.25) is 0 Å². The SMILES string of the molecule is [CH+]=C(O)OC. The molecule has 5 heavy (non-hydrogen) atoms. The van der Waals surface area contributed by atoms with Crippen molar-refractivity contribution in [1.82, 2.24) is 0 Å². The molecule has 0 saturated heterocycles. The Hall–Kier alpha value is -0.750. The van der Waals surface area contributed by atoms with E-state index in [2.05, 4.69) is 11.3 Å². The maximum absolute atomic E-state index is 7.83. The first kappa shape index (κ1) is 4.25. The van der Waals surface area contributed by atoms with Gasteiger partial charge in [0, 0.05) is 0 Å². The number of rotatable bonds is 1. The van der Waals surface area contributed by atoms with Gasteiger partial charge in [-0.15, -0.1) is 0 Å². The van der Waals surface area contributed by atoms with E-state index < -0.39 is 5.95 Å². The fourth-order valence-corrected chi connectivity index (χ4v) is 0. The third-order valence-electron chi connectivity index (χ3n) is 0.209. The summed E-state index contributed by atoms with van der Waals surface area (Å²) >= 11 is 0. The van der Waals surface area contributed by atoms with Crippen LogP contribution in [0.25, 0.3) is 0 Å². The van der Waals surface area contributed by atoms with Gasteiger partial charge in [-0.25, -0.2) is 0 Å². The molecule has 0 aliphatic heterocycles. The van der Waals surface area contributed by atoms with Gasteiger partial charge in [-0.1, -0.05) is 0 Å². The highest BCUT2D eigenvalue weighted by atomic mass is 16.6. The molecule has 0 aliphatic carbocycles. The fraction of sp³-hybridized carbons (Fsp3) is 0.333. The summed E-state index contributed by atoms with van der Waals surface area (Å²) in [5, 5.41) is 7.83. The summed E-state index contributed by atoms with van der Waals surface area (Å²) in [6.07, 6.45) is 0. The van der Waals surface area contributed by atoms with Crippen molar-refractivity contribution in [1.29, 1.82) is 0 Å². The Bertz CT molecular complexity index is 40.2. The highest BCUT2D eigenvalue weighted by molar-refractivity contribution is 4.52. The van der Waals surface area contributed by atoms with Gasteiger partial charge in [0.25, 0.3) is 0 Å². The monoisotopic (exact) mass is 73.0 g/mol. The predicted octanol–water partition coefficient (Wildman–Crippen LogP) is 0.465. The van der Waals surface area contributed by atoms with Gasteiger partial charge in [0.05, 0.1) is 7.11 Å². The lowest BCUT2D eigenvalue weighted by Crippen LogP contribution is -1.76. The zero-order chi connectivity index (χ0) is 4.28. The topological polar surface area (TPSA) is 29.5 Å². The summed E-state index contributed by atoms with van der Waals surface area (Å²) in [6, 6.07) is 0. The second-order valence-electron chi connectivity index (χ2n) is 0.542. The molecule has 0 spiro atoms. The van der Waals surface area contributed by atoms with Crippen molar-refractivity contribution >= 4 is 0 Å². The Kier molecular flexibility index (Phi) is 1.32. The molecule has 0 bridgehead atoms. The van der Waals surface area contributed by atoms with Gasteiger partial charge in [0.1, 0.15) is 0 Å². The minimum atomic E-state index is -0.495. The Morgan fingerprint density at radius 3 is 2.20 bits per heavy atom. The Morgan fingerprint density at radius 1 is 2.00 bits per heavy atom. The second-order valence-corrected chi connectivity index (χ2v) is 0.542. The molecule has 0 aliphatic rings. The minimum absolute atomic E-state index is 0.495. The molecule has 0 aromatic carbocycles. The van der Waals surface area contributed by atoms with Crippen LogP contribution < -0.4 is 0 Å². The highest BCUT2D eigenvalue weighted by Crippen LogP contribution is 1.73. The molecule has 2 heteroatoms. The summed E-state index contributed by atoms with van der Waals surface area (Å²) in [7, 11) is 1.29. The van der Waals surface area contributed by atoms with E-state index in [0.29, 0.717) is 0 Å². The van der Waals surface area contributed by atoms with Crippen LogP contribution in [-0.2, 0) is 4.74 Å². The van der Waals surface area contributed by atoms with E-state index in [4.69, 9.17) is 5.11 Å². The highest BCUT2D eigenvalue weighted by Gasteiger charge is 1.87. The van der Waals surface area contributed by atoms with Gasteiger partial charge >= 0.3 is 12.5 Å². The van der Waals surface area contributed by atoms with Gasteiger partial charge in [-0.05, 0) is 0 Å². The second kappa shape index (κ2) is 1.56. The average Bonchev–Trinajstić information content (AvgIpc) is 1.38. The van der Waals surface area contributed by atoms with Crippen LogP contribution in [0.2, 0.25) is 0 Å². The van der Waals surface area contributed by atoms with E-state index >= 15 is 0 Å². The maximum Gasteiger partial charge on any atom is 0.536 e. The Morgan fingerprint density at radius 2 is 2.20 bits per heavy atom. The van der Waals surface area contributed by atoms with Crippen molar-refractivity contribution < 1.29 is 9.84 Å². The predicted molar refractivity (Wildman–Crippen MR) is 17.5 cm³/mol. The number of hydrogen-bond donors (Lipinski definition) is 1. The molecule has 0 rings (SSSR count). The molecule has 0 fully saturated rings. The zero-order valence-electron chi connectivity index (χ0n) is 2.93. The normalized spacial score (nSPS) is 6.40. The van der Waals surface area contributed by atoms with Gasteiger partial charge in [0.2, 0.25) is 0 Å². The van der Waals surface area contributed by atoms with Crippen molar-refractivity contribution in [2.45, 2.75) is 0 Å². The van der Waals surface area contributed by atoms with E-state index in [0.717, 1.165) is 0 Å². The summed E-state index contributed by atoms with van der Waals surface area (Å²) in [6.45, 7) is 4.54. The Labute approximate surface area is 30.7 Å². The summed E-state index contributed by atoms with van der Waals surface area (Å²) in [5.74, 6) is -0.495. The molecule has 0 saturated carbocycles. The van der Waals surface area contributed by atoms with Crippen LogP contribution in [0, 0.1) is 6.58 Å². The Balaban J connectivity index is 2.85. The molecular formula is C3H5O2+. The molecule has 1 N–H and O–H groups in total. The van der Waals surface area contributed by atoms with Crippen molar-refractivity contribution in [3.63, 3.8) is 0 Å². The van der Waals surface area contributed by atoms with Crippen LogP contribution in [-0.4, -0.2) is 12.2 Å². The molecular weight excluding hydrogens is 68.0 g/mol. The van der Waals surface area contributed by atoms with Crippen LogP contribution in [0.1, 0.15) is 0 Å². The lowest BCUT2D eigenvalue weighted by Gasteiger charge is -1.75. The smallest absolute Gasteiger partial charge is 0.440 e. The first-order valence-corrected chi connectivity index (χ1v) is 1.12. The van der Waals surface area contributed by atoms with E-state index in [1.807, 2.05) is 0 Å². The minimum Gasteiger partial charge on any atom is -0.440 e. The molecule has 0 amide bonds. The van der Waals surface area contributed by atoms with Gasteiger partial charge in [-0.2, -0.15) is 0 Å². The zero-order valence-corrected chi connectivity index (χ0v) is 2.93. The van der Waals surface area contributed by atoms with Crippen LogP contribution in [0.3, 0.4) is 0 Å². The first-order chi connectivity index (χ1) is 2.27. The lowest BCUT2D eigenvalue weighted by molar-refractivity contribution is 0.137. The quantitative estimate of drug-likeness (QED) is 0.361. The molecule has 28 valence electrons. The number of ether oxygens (including phenoxy) is 1. The summed E-state index contributed by atoms with van der Waals surface area (Å²) in [4.78, 5) is 0. The number of aliphatic hydroxyl groups is 1. The van der Waals surface area contributed by atoms with E-state index in [1.54, 1.807) is 0 Å². The third kappa shape index (κ3) is 3.25. The van der Waals surface area contributed by atoms with Crippen LogP contribution in [0.15, 0.2) is 5.95 Å². The number of hydrogen-bond acceptors (Lipinski definition) is 2. The molecule has 0 unspecified atom stereocenters. The number of methoxy groups -OCH3 is 1. The van der Waals surface area contributed by atoms with Crippen molar-refractivity contribution in [2.75, 3.05) is 7.11 Å². The van der Waals surface area contributed by atoms with Crippen molar-refractivity contribution in [2.24, 2.45) is 0 Å². The third-order valence-corrected chi connectivity index (χ3v) is 0.209. The molecule has 0 aromatic rings. The summed E-state index contributed by atoms with van der Waals surface area (Å²) < 4.78 is 4.00. The van der Waals surface area contributed by atoms with E-state index in [-0.39, 0.29) is 0 Å². The van der Waals surface area contributed by atoms with Crippen LogP contribution in [0.4, 0.5) is 0 Å². The van der Waals surface area contributed by atoms with Gasteiger partial charge < -0.3 is 9.84 Å². The maximum atomic E-state index is 7.83. The number of aliphatic hydroxyl groups excluding tert-OH is 1. The first-order valence-electron chi connectivity index (χ1n) is 1.12. The van der Waals surface area contributed by atoms with Crippen LogP contribution in [0.5, 0.6) is 0 Å². The van der Waals surface area contributed by atoms with E-state index in [9.17, 15) is 0 Å². The van der Waals surface area contributed by atoms with E-state index in [1.165, 1.54) is 7.11 Å². The molecule has 0 aromatic heterocycles. The molecule has 0 heterocycles. The summed E-state index contributed by atoms with van der Waals surface area (Å²) in [5.41, 5.74) is 0. The standard InChI is InChI=1S/C3H4O2/c1-3(4)5-2/h1H,2H3/p+1. The van der Waals surface area contributed by atoms with Gasteiger partial charge in [0.15, 0.2) is 0 Å². The molecule has 0 radical (unpaired) electrons. The molecule has 2 nitrogen and oxygen atoms in total. The lowest BCUT2D eigenvalue weighted by atomic mass is 11.0. The average molecular weight is 73.1 g/mol. The largest absolute Gasteiger partial charge is 0.536 e.